The first kappa shape index (κ1) is 23.1. The molecule has 4 aromatic rings. The van der Waals surface area contributed by atoms with Gasteiger partial charge in [-0.2, -0.15) is 13.2 Å². The van der Waals surface area contributed by atoms with Gasteiger partial charge in [-0.1, -0.05) is 18.2 Å². The summed E-state index contributed by atoms with van der Waals surface area (Å²) in [5.41, 5.74) is 0.305. The average Bonchev–Trinajstić information content (AvgIpc) is 3.51. The van der Waals surface area contributed by atoms with Gasteiger partial charge in [0.25, 0.3) is 0 Å². The molecule has 2 N–H and O–H groups in total. The number of carbonyl (C=O) groups excluding carboxylic acids is 1. The monoisotopic (exact) mass is 486 g/mol. The molecule has 0 radical (unpaired) electrons. The van der Waals surface area contributed by atoms with E-state index in [9.17, 15) is 22.4 Å². The third-order valence-corrected chi connectivity index (χ3v) is 6.34. The Morgan fingerprint density at radius 1 is 1.14 bits per heavy atom. The number of rotatable bonds is 5. The molecule has 6 nitrogen and oxygen atoms in total. The van der Waals surface area contributed by atoms with E-state index in [1.165, 1.54) is 30.5 Å². The third kappa shape index (κ3) is 4.41. The molecule has 2 aromatic heterocycles. The van der Waals surface area contributed by atoms with Crippen molar-refractivity contribution < 1.29 is 27.1 Å². The highest BCUT2D eigenvalue weighted by molar-refractivity contribution is 6.10. The van der Waals surface area contributed by atoms with Gasteiger partial charge in [0, 0.05) is 43.2 Å². The Balaban J connectivity index is 1.43. The van der Waals surface area contributed by atoms with Gasteiger partial charge in [-0.15, -0.1) is 0 Å². The zero-order valence-electron chi connectivity index (χ0n) is 18.7. The van der Waals surface area contributed by atoms with Crippen molar-refractivity contribution in [3.05, 3.63) is 71.2 Å². The lowest BCUT2D eigenvalue weighted by atomic mass is 9.99. The molecule has 0 bridgehead atoms. The molecule has 1 aliphatic heterocycles. The number of carbonyl (C=O) groups is 1. The number of hydrogen-bond donors (Lipinski definition) is 2. The van der Waals surface area contributed by atoms with Crippen molar-refractivity contribution in [2.45, 2.75) is 25.1 Å². The number of nitrogens with one attached hydrogen (secondary N) is 2. The van der Waals surface area contributed by atoms with Crippen LogP contribution >= 0.6 is 0 Å². The number of alkyl halides is 3. The summed E-state index contributed by atoms with van der Waals surface area (Å²) in [6, 6.07) is 9.30. The fraction of sp³-hybridized carbons (Fsp3) is 0.280. The highest BCUT2D eigenvalue weighted by atomic mass is 19.4. The van der Waals surface area contributed by atoms with E-state index in [0.29, 0.717) is 11.2 Å². The zero-order valence-corrected chi connectivity index (χ0v) is 18.7. The summed E-state index contributed by atoms with van der Waals surface area (Å²) >= 11 is 0. The maximum atomic E-state index is 14.9. The number of nitrogens with zero attached hydrogens (tertiary/aromatic N) is 2. The summed E-state index contributed by atoms with van der Waals surface area (Å²) < 4.78 is 60.3. The van der Waals surface area contributed by atoms with Crippen LogP contribution < -0.4 is 4.90 Å². The van der Waals surface area contributed by atoms with Gasteiger partial charge in [0.2, 0.25) is 0 Å². The summed E-state index contributed by atoms with van der Waals surface area (Å²) in [6.07, 6.45) is -1.44. The van der Waals surface area contributed by atoms with Crippen LogP contribution in [-0.4, -0.2) is 47.0 Å². The molecule has 182 valence electrons. The molecule has 10 heteroatoms. The molecule has 3 heterocycles. The van der Waals surface area contributed by atoms with E-state index in [4.69, 9.17) is 4.74 Å². The molecule has 1 aliphatic rings. The van der Waals surface area contributed by atoms with Crippen LogP contribution in [0.2, 0.25) is 0 Å². The number of aromatic nitrogens is 3. The number of piperidine rings is 1. The maximum Gasteiger partial charge on any atom is 0.417 e. The SMILES string of the molecule is COC1CCN(c2cc(F)c3nc(-c4cc(C(=O)c5ccccc5C(F)(F)F)c[nH]4)[nH]c3c2)CC1. The van der Waals surface area contributed by atoms with E-state index in [-0.39, 0.29) is 23.0 Å². The molecular weight excluding hydrogens is 464 g/mol. The van der Waals surface area contributed by atoms with Crippen LogP contribution in [0.4, 0.5) is 23.2 Å². The van der Waals surface area contributed by atoms with Crippen LogP contribution in [0.25, 0.3) is 22.6 Å². The fourth-order valence-corrected chi connectivity index (χ4v) is 4.47. The Morgan fingerprint density at radius 3 is 2.60 bits per heavy atom. The molecule has 0 atom stereocenters. The van der Waals surface area contributed by atoms with Crippen molar-refractivity contribution >= 4 is 22.5 Å². The summed E-state index contributed by atoms with van der Waals surface area (Å²) in [5.74, 6) is -0.988. The lowest BCUT2D eigenvalue weighted by Gasteiger charge is -2.32. The Hall–Kier alpha value is -3.66. The standard InChI is InChI=1S/C25H22F4N4O2/c1-35-16-6-8-33(9-7-16)15-11-19(26)22-20(12-15)31-24(32-22)21-10-14(13-30-21)23(34)17-4-2-3-5-18(17)25(27,28)29/h2-5,10-13,16,30H,6-9H2,1H3,(H,31,32). The van der Waals surface area contributed by atoms with Crippen molar-refractivity contribution in [1.82, 2.24) is 15.0 Å². The first-order chi connectivity index (χ1) is 16.7. The fourth-order valence-electron chi connectivity index (χ4n) is 4.47. The van der Waals surface area contributed by atoms with Crippen molar-refractivity contribution in [3.63, 3.8) is 0 Å². The van der Waals surface area contributed by atoms with Crippen molar-refractivity contribution in [2.75, 3.05) is 25.1 Å². The Labute approximate surface area is 197 Å². The number of fused-ring (bicyclic) bond motifs is 1. The molecule has 1 saturated heterocycles. The van der Waals surface area contributed by atoms with Gasteiger partial charge >= 0.3 is 6.18 Å². The molecule has 1 fully saturated rings. The maximum absolute atomic E-state index is 14.9. The number of hydrogen-bond acceptors (Lipinski definition) is 4. The number of halogens is 4. The highest BCUT2D eigenvalue weighted by Gasteiger charge is 2.35. The molecule has 5 rings (SSSR count). The van der Waals surface area contributed by atoms with Gasteiger partial charge in [-0.3, -0.25) is 4.79 Å². The van der Waals surface area contributed by atoms with Crippen LogP contribution in [0.1, 0.15) is 34.3 Å². The second-order valence-electron chi connectivity index (χ2n) is 8.51. The molecule has 2 aromatic carbocycles. The van der Waals surface area contributed by atoms with Crippen molar-refractivity contribution in [1.29, 1.82) is 0 Å². The van der Waals surface area contributed by atoms with Crippen LogP contribution in [0.15, 0.2) is 48.7 Å². The number of aromatic amines is 2. The summed E-state index contributed by atoms with van der Waals surface area (Å²) in [6.45, 7) is 1.48. The zero-order chi connectivity index (χ0) is 24.7. The van der Waals surface area contributed by atoms with E-state index >= 15 is 0 Å². The number of anilines is 1. The Morgan fingerprint density at radius 2 is 1.89 bits per heavy atom. The quantitative estimate of drug-likeness (QED) is 0.286. The molecule has 35 heavy (non-hydrogen) atoms. The minimum Gasteiger partial charge on any atom is -0.381 e. The highest BCUT2D eigenvalue weighted by Crippen LogP contribution is 2.34. The van der Waals surface area contributed by atoms with E-state index in [0.717, 1.165) is 43.8 Å². The molecule has 0 unspecified atom stereocenters. The number of benzene rings is 2. The Bertz CT molecular complexity index is 1380. The van der Waals surface area contributed by atoms with Crippen LogP contribution in [0.5, 0.6) is 0 Å². The van der Waals surface area contributed by atoms with Gasteiger partial charge in [-0.05, 0) is 37.1 Å². The van der Waals surface area contributed by atoms with Crippen molar-refractivity contribution in [2.24, 2.45) is 0 Å². The summed E-state index contributed by atoms with van der Waals surface area (Å²) in [7, 11) is 1.69. The lowest BCUT2D eigenvalue weighted by molar-refractivity contribution is -0.137. The first-order valence-corrected chi connectivity index (χ1v) is 11.1. The van der Waals surface area contributed by atoms with Crippen LogP contribution in [0, 0.1) is 5.82 Å². The van der Waals surface area contributed by atoms with Gasteiger partial charge in [0.05, 0.1) is 22.9 Å². The van der Waals surface area contributed by atoms with E-state index in [1.54, 1.807) is 7.11 Å². The number of H-pyrrole nitrogens is 2. The van der Waals surface area contributed by atoms with E-state index < -0.39 is 28.9 Å². The van der Waals surface area contributed by atoms with Gasteiger partial charge < -0.3 is 19.6 Å². The largest absolute Gasteiger partial charge is 0.417 e. The lowest BCUT2D eigenvalue weighted by Crippen LogP contribution is -2.36. The van der Waals surface area contributed by atoms with Crippen molar-refractivity contribution in [3.8, 4) is 11.5 Å². The van der Waals surface area contributed by atoms with E-state index in [1.807, 2.05) is 6.07 Å². The van der Waals surface area contributed by atoms with Gasteiger partial charge in [0.1, 0.15) is 5.52 Å². The van der Waals surface area contributed by atoms with Crippen LogP contribution in [-0.2, 0) is 10.9 Å². The number of methoxy groups -OCH3 is 1. The third-order valence-electron chi connectivity index (χ3n) is 6.34. The topological polar surface area (TPSA) is 74.0 Å². The summed E-state index contributed by atoms with van der Waals surface area (Å²) in [4.78, 5) is 25.1. The molecule has 0 amide bonds. The minimum atomic E-state index is -4.65. The predicted molar refractivity (Wildman–Crippen MR) is 123 cm³/mol. The number of ketones is 1. The second-order valence-corrected chi connectivity index (χ2v) is 8.51. The van der Waals surface area contributed by atoms with Gasteiger partial charge in [-0.25, -0.2) is 9.37 Å². The average molecular weight is 486 g/mol. The number of imidazole rings is 1. The van der Waals surface area contributed by atoms with E-state index in [2.05, 4.69) is 19.9 Å². The number of ether oxygens (including phenoxy) is 1. The van der Waals surface area contributed by atoms with Gasteiger partial charge in [0.15, 0.2) is 17.4 Å². The summed E-state index contributed by atoms with van der Waals surface area (Å²) in [5, 5.41) is 0. The predicted octanol–water partition coefficient (Wildman–Crippen LogP) is 5.56. The molecule has 0 spiro atoms. The Kier molecular flexibility index (Phi) is 5.84. The smallest absolute Gasteiger partial charge is 0.381 e. The molecular formula is C25H22F4N4O2. The second kappa shape index (κ2) is 8.84. The molecule has 0 aliphatic carbocycles. The molecule has 0 saturated carbocycles. The van der Waals surface area contributed by atoms with Crippen LogP contribution in [0.3, 0.4) is 0 Å². The minimum absolute atomic E-state index is 0.0410. The normalized spacial score (nSPS) is 15.2. The first-order valence-electron chi connectivity index (χ1n) is 11.1.